The maximum atomic E-state index is 12.6. The van der Waals surface area contributed by atoms with E-state index in [1.165, 1.54) is 30.4 Å². The smallest absolute Gasteiger partial charge is 0.363 e. The van der Waals surface area contributed by atoms with Gasteiger partial charge in [0.15, 0.2) is 17.2 Å². The summed E-state index contributed by atoms with van der Waals surface area (Å²) in [7, 11) is 0. The van der Waals surface area contributed by atoms with E-state index in [1.54, 1.807) is 48.5 Å². The van der Waals surface area contributed by atoms with Crippen molar-refractivity contribution < 1.29 is 33.5 Å². The van der Waals surface area contributed by atoms with Gasteiger partial charge in [-0.1, -0.05) is 30.3 Å². The minimum absolute atomic E-state index is 0.0208. The minimum Gasteiger partial charge on any atom is -0.490 e. The lowest BCUT2D eigenvalue weighted by Gasteiger charge is -2.11. The van der Waals surface area contributed by atoms with E-state index in [2.05, 4.69) is 4.99 Å². The topological polar surface area (TPSA) is 127 Å². The lowest BCUT2D eigenvalue weighted by atomic mass is 10.1. The number of nitro benzene ring substituents is 1. The molecular weight excluding hydrogens is 504 g/mol. The molecule has 3 aromatic rings. The Morgan fingerprint density at radius 1 is 0.974 bits per heavy atom. The average molecular weight is 529 g/mol. The first-order valence-electron chi connectivity index (χ1n) is 12.0. The highest BCUT2D eigenvalue weighted by Gasteiger charge is 2.25. The summed E-state index contributed by atoms with van der Waals surface area (Å²) >= 11 is 0. The molecular formula is C29H24N2O8. The molecule has 0 atom stereocenters. The number of nitro groups is 1. The molecule has 0 aliphatic carbocycles. The van der Waals surface area contributed by atoms with E-state index in [1.807, 2.05) is 13.8 Å². The van der Waals surface area contributed by atoms with Gasteiger partial charge in [0.1, 0.15) is 5.75 Å². The van der Waals surface area contributed by atoms with Crippen molar-refractivity contribution >= 4 is 35.7 Å². The molecule has 0 saturated carbocycles. The van der Waals surface area contributed by atoms with Gasteiger partial charge in [-0.15, -0.1) is 0 Å². The van der Waals surface area contributed by atoms with Crippen molar-refractivity contribution in [3.8, 4) is 17.2 Å². The van der Waals surface area contributed by atoms with Gasteiger partial charge in [0.25, 0.3) is 5.69 Å². The van der Waals surface area contributed by atoms with Crippen LogP contribution in [0.2, 0.25) is 0 Å². The molecule has 10 nitrogen and oxygen atoms in total. The number of para-hydroxylation sites is 1. The second kappa shape index (κ2) is 12.3. The van der Waals surface area contributed by atoms with Crippen LogP contribution in [0.4, 0.5) is 5.69 Å². The van der Waals surface area contributed by atoms with Crippen LogP contribution in [0.25, 0.3) is 12.2 Å². The fraction of sp³-hybridized carbons (Fsp3) is 0.138. The normalized spacial score (nSPS) is 13.7. The molecule has 3 aromatic carbocycles. The van der Waals surface area contributed by atoms with E-state index in [-0.39, 0.29) is 23.0 Å². The average Bonchev–Trinajstić information content (AvgIpc) is 3.30. The van der Waals surface area contributed by atoms with E-state index in [9.17, 15) is 19.7 Å². The number of cyclic esters (lactones) is 1. The Morgan fingerprint density at radius 2 is 1.74 bits per heavy atom. The van der Waals surface area contributed by atoms with Gasteiger partial charge < -0.3 is 18.9 Å². The van der Waals surface area contributed by atoms with Gasteiger partial charge >= 0.3 is 11.9 Å². The molecule has 39 heavy (non-hydrogen) atoms. The van der Waals surface area contributed by atoms with Gasteiger partial charge in [0.05, 0.1) is 18.1 Å². The van der Waals surface area contributed by atoms with Crippen LogP contribution in [0, 0.1) is 10.1 Å². The maximum absolute atomic E-state index is 12.6. The summed E-state index contributed by atoms with van der Waals surface area (Å²) in [5, 5.41) is 10.9. The summed E-state index contributed by atoms with van der Waals surface area (Å²) in [4.78, 5) is 39.8. The van der Waals surface area contributed by atoms with E-state index >= 15 is 0 Å². The number of hydrogen-bond acceptors (Lipinski definition) is 9. The Morgan fingerprint density at radius 3 is 2.51 bits per heavy atom. The maximum Gasteiger partial charge on any atom is 0.363 e. The number of esters is 2. The number of hydrogen-bond donors (Lipinski definition) is 0. The molecule has 0 fully saturated rings. The van der Waals surface area contributed by atoms with Crippen molar-refractivity contribution in [1.29, 1.82) is 0 Å². The molecule has 1 heterocycles. The Balaban J connectivity index is 1.54. The quantitative estimate of drug-likeness (QED) is 0.113. The molecule has 0 saturated heterocycles. The number of benzene rings is 3. The third kappa shape index (κ3) is 6.75. The standard InChI is InChI=1S/C29H24N2O8/c1-3-36-25-14-13-21(18-26(25)37-4-2)28-30-23(29(33)39-28)17-20-9-5-6-11-24(20)38-27(32)15-12-19-8-7-10-22(16-19)31(34)35/h5-18H,3-4H2,1-2H3/b15-12+,23-17-. The predicted octanol–water partition coefficient (Wildman–Crippen LogP) is 5.36. The zero-order chi connectivity index (χ0) is 27.8. The SMILES string of the molecule is CCOc1ccc(C2=N/C(=C\c3ccccc3OC(=O)/C=C/c3cccc([N+](=O)[O-])c3)C(=O)O2)cc1OCC. The summed E-state index contributed by atoms with van der Waals surface area (Å²) in [6.07, 6.45) is 4.03. The Kier molecular flexibility index (Phi) is 8.47. The largest absolute Gasteiger partial charge is 0.490 e. The monoisotopic (exact) mass is 528 g/mol. The van der Waals surface area contributed by atoms with Crippen LogP contribution in [0.15, 0.2) is 83.5 Å². The van der Waals surface area contributed by atoms with E-state index < -0.39 is 16.9 Å². The van der Waals surface area contributed by atoms with Crippen molar-refractivity contribution in [3.63, 3.8) is 0 Å². The van der Waals surface area contributed by atoms with Crippen molar-refractivity contribution in [1.82, 2.24) is 0 Å². The number of rotatable bonds is 10. The van der Waals surface area contributed by atoms with Crippen LogP contribution in [-0.2, 0) is 14.3 Å². The van der Waals surface area contributed by atoms with E-state index in [4.69, 9.17) is 18.9 Å². The molecule has 4 rings (SSSR count). The van der Waals surface area contributed by atoms with E-state index in [0.717, 1.165) is 6.08 Å². The van der Waals surface area contributed by atoms with Gasteiger partial charge in [-0.05, 0) is 55.8 Å². The molecule has 0 aromatic heterocycles. The first-order valence-corrected chi connectivity index (χ1v) is 12.0. The summed E-state index contributed by atoms with van der Waals surface area (Å²) in [6, 6.07) is 17.6. The van der Waals surface area contributed by atoms with Crippen LogP contribution in [-0.4, -0.2) is 36.0 Å². The zero-order valence-corrected chi connectivity index (χ0v) is 21.2. The number of nitrogens with zero attached hydrogens (tertiary/aromatic N) is 2. The minimum atomic E-state index is -0.705. The fourth-order valence-electron chi connectivity index (χ4n) is 3.61. The van der Waals surface area contributed by atoms with Crippen molar-refractivity contribution in [2.45, 2.75) is 13.8 Å². The van der Waals surface area contributed by atoms with Gasteiger partial charge in [-0.3, -0.25) is 10.1 Å². The number of aliphatic imine (C=N–C) groups is 1. The van der Waals surface area contributed by atoms with Gasteiger partial charge in [-0.2, -0.15) is 0 Å². The number of non-ortho nitro benzene ring substituents is 1. The third-order valence-electron chi connectivity index (χ3n) is 5.33. The van der Waals surface area contributed by atoms with Crippen molar-refractivity contribution in [2.24, 2.45) is 4.99 Å². The molecule has 0 bridgehead atoms. The summed E-state index contributed by atoms with van der Waals surface area (Å²) in [6.45, 7) is 4.62. The Labute approximate surface area is 224 Å². The summed E-state index contributed by atoms with van der Waals surface area (Å²) in [5.41, 5.74) is 1.35. The highest BCUT2D eigenvalue weighted by atomic mass is 16.6. The molecule has 0 radical (unpaired) electrons. The van der Waals surface area contributed by atoms with Crippen LogP contribution in [0.5, 0.6) is 17.2 Å². The van der Waals surface area contributed by atoms with Gasteiger partial charge in [-0.25, -0.2) is 14.6 Å². The van der Waals surface area contributed by atoms with Gasteiger partial charge in [0, 0.05) is 29.3 Å². The highest BCUT2D eigenvalue weighted by molar-refractivity contribution is 6.13. The van der Waals surface area contributed by atoms with E-state index in [0.29, 0.717) is 41.4 Å². The Hall–Kier alpha value is -5.25. The van der Waals surface area contributed by atoms with Crippen LogP contribution >= 0.6 is 0 Å². The Bertz CT molecular complexity index is 1510. The lowest BCUT2D eigenvalue weighted by molar-refractivity contribution is -0.384. The summed E-state index contributed by atoms with van der Waals surface area (Å²) in [5.74, 6) is -0.00564. The second-order valence-corrected chi connectivity index (χ2v) is 8.01. The molecule has 0 N–H and O–H groups in total. The number of carbonyl (C=O) groups is 2. The first-order chi connectivity index (χ1) is 18.9. The van der Waals surface area contributed by atoms with Crippen LogP contribution < -0.4 is 14.2 Å². The molecule has 0 spiro atoms. The first kappa shape index (κ1) is 26.8. The van der Waals surface area contributed by atoms with Crippen molar-refractivity contribution in [2.75, 3.05) is 13.2 Å². The molecule has 1 aliphatic heterocycles. The molecule has 198 valence electrons. The molecule has 1 aliphatic rings. The van der Waals surface area contributed by atoms with Gasteiger partial charge in [0.2, 0.25) is 5.90 Å². The summed E-state index contributed by atoms with van der Waals surface area (Å²) < 4.78 is 22.0. The molecule has 0 amide bonds. The second-order valence-electron chi connectivity index (χ2n) is 8.01. The van der Waals surface area contributed by atoms with Crippen LogP contribution in [0.3, 0.4) is 0 Å². The predicted molar refractivity (Wildman–Crippen MR) is 144 cm³/mol. The van der Waals surface area contributed by atoms with Crippen LogP contribution in [0.1, 0.15) is 30.5 Å². The molecule has 0 unspecified atom stereocenters. The highest BCUT2D eigenvalue weighted by Crippen LogP contribution is 2.31. The van der Waals surface area contributed by atoms with Crippen molar-refractivity contribution in [3.05, 3.63) is 105 Å². The number of ether oxygens (including phenoxy) is 4. The molecule has 10 heteroatoms. The zero-order valence-electron chi connectivity index (χ0n) is 21.2. The lowest BCUT2D eigenvalue weighted by Crippen LogP contribution is -2.07. The third-order valence-corrected chi connectivity index (χ3v) is 5.33. The fourth-order valence-corrected chi connectivity index (χ4v) is 3.61. The number of carbonyl (C=O) groups excluding carboxylic acids is 2.